The predicted octanol–water partition coefficient (Wildman–Crippen LogP) is 2.25. The average Bonchev–Trinajstić information content (AvgIpc) is 2.60. The van der Waals surface area contributed by atoms with Crippen molar-refractivity contribution in [3.05, 3.63) is 23.2 Å². The number of carbonyl (C=O) groups is 2. The number of anilines is 1. The second-order valence-electron chi connectivity index (χ2n) is 3.69. The van der Waals surface area contributed by atoms with E-state index in [1.807, 2.05) is 0 Å². The minimum atomic E-state index is -3.02. The van der Waals surface area contributed by atoms with Crippen molar-refractivity contribution in [2.45, 2.75) is 13.0 Å². The lowest BCUT2D eigenvalue weighted by atomic mass is 10.2. The van der Waals surface area contributed by atoms with Crippen molar-refractivity contribution in [2.24, 2.45) is 0 Å². The molecule has 1 heterocycles. The molecule has 0 N–H and O–H groups in total. The normalized spacial score (nSPS) is 15.7. The van der Waals surface area contributed by atoms with Gasteiger partial charge in [0.05, 0.1) is 18.7 Å². The quantitative estimate of drug-likeness (QED) is 0.795. The molecular formula is C11H8ClF2NO3. The van der Waals surface area contributed by atoms with Gasteiger partial charge in [0.25, 0.3) is 0 Å². The Kier molecular flexibility index (Phi) is 3.47. The van der Waals surface area contributed by atoms with Crippen LogP contribution in [-0.4, -0.2) is 24.8 Å². The summed E-state index contributed by atoms with van der Waals surface area (Å²) in [6, 6.07) is 3.92. The fourth-order valence-corrected chi connectivity index (χ4v) is 1.87. The van der Waals surface area contributed by atoms with Crippen LogP contribution in [0.4, 0.5) is 14.5 Å². The summed E-state index contributed by atoms with van der Waals surface area (Å²) in [4.78, 5) is 23.8. The van der Waals surface area contributed by atoms with E-state index >= 15 is 0 Å². The van der Waals surface area contributed by atoms with Crippen molar-refractivity contribution in [3.8, 4) is 5.75 Å². The number of Topliss-reactive ketones (excluding diaryl/α,β-unsaturated/α-hetero) is 1. The Hall–Kier alpha value is -1.69. The fourth-order valence-electron chi connectivity index (χ4n) is 1.70. The highest BCUT2D eigenvalue weighted by molar-refractivity contribution is 6.31. The minimum Gasteiger partial charge on any atom is -0.433 e. The van der Waals surface area contributed by atoms with Crippen LogP contribution < -0.4 is 9.64 Å². The van der Waals surface area contributed by atoms with Gasteiger partial charge >= 0.3 is 6.61 Å². The summed E-state index contributed by atoms with van der Waals surface area (Å²) in [6.07, 6.45) is -0.235. The molecule has 4 nitrogen and oxygen atoms in total. The van der Waals surface area contributed by atoms with E-state index in [0.717, 1.165) is 4.90 Å². The summed E-state index contributed by atoms with van der Waals surface area (Å²) in [7, 11) is 0. The van der Waals surface area contributed by atoms with Gasteiger partial charge in [-0.3, -0.25) is 9.59 Å². The zero-order valence-corrected chi connectivity index (χ0v) is 9.79. The van der Waals surface area contributed by atoms with Crippen LogP contribution in [0.15, 0.2) is 18.2 Å². The van der Waals surface area contributed by atoms with E-state index in [1.165, 1.54) is 18.2 Å². The van der Waals surface area contributed by atoms with Gasteiger partial charge in [-0.25, -0.2) is 0 Å². The lowest BCUT2D eigenvalue weighted by molar-refractivity contribution is -0.121. The lowest BCUT2D eigenvalue weighted by Crippen LogP contribution is -2.25. The van der Waals surface area contributed by atoms with E-state index in [4.69, 9.17) is 11.6 Å². The standard InChI is InChI=1S/C11H8ClF2NO3/c12-6-1-2-9(18-11(13)14)8(3-6)15-5-7(16)4-10(15)17/h1-3,11H,4-5H2. The number of ether oxygens (including phenoxy) is 1. The van der Waals surface area contributed by atoms with Crippen LogP contribution in [0.2, 0.25) is 5.02 Å². The molecule has 0 aromatic heterocycles. The third kappa shape index (κ3) is 2.59. The largest absolute Gasteiger partial charge is 0.433 e. The molecule has 0 atom stereocenters. The minimum absolute atomic E-state index is 0.0821. The molecule has 0 unspecified atom stereocenters. The molecule has 1 aliphatic heterocycles. The molecule has 2 rings (SSSR count). The Balaban J connectivity index is 2.38. The lowest BCUT2D eigenvalue weighted by Gasteiger charge is -2.19. The van der Waals surface area contributed by atoms with E-state index in [1.54, 1.807) is 0 Å². The summed E-state index contributed by atoms with van der Waals surface area (Å²) in [5.41, 5.74) is 0.0821. The summed E-state index contributed by atoms with van der Waals surface area (Å²) >= 11 is 5.75. The molecule has 0 bridgehead atoms. The van der Waals surface area contributed by atoms with Crippen LogP contribution in [0.3, 0.4) is 0 Å². The first-order valence-corrected chi connectivity index (χ1v) is 5.41. The molecule has 1 aromatic rings. The van der Waals surface area contributed by atoms with Gasteiger partial charge in [0.2, 0.25) is 5.91 Å². The maximum atomic E-state index is 12.2. The highest BCUT2D eigenvalue weighted by atomic mass is 35.5. The summed E-state index contributed by atoms with van der Waals surface area (Å²) in [5, 5.41) is 0.263. The first-order valence-electron chi connectivity index (χ1n) is 5.04. The topological polar surface area (TPSA) is 46.6 Å². The van der Waals surface area contributed by atoms with Crippen LogP contribution in [0.25, 0.3) is 0 Å². The zero-order chi connectivity index (χ0) is 13.3. The smallest absolute Gasteiger partial charge is 0.387 e. The van der Waals surface area contributed by atoms with Crippen LogP contribution in [0, 0.1) is 0 Å². The van der Waals surface area contributed by atoms with Gasteiger partial charge in [0, 0.05) is 5.02 Å². The van der Waals surface area contributed by atoms with Crippen molar-refractivity contribution in [3.63, 3.8) is 0 Å². The molecule has 0 saturated carbocycles. The number of carbonyl (C=O) groups excluding carboxylic acids is 2. The van der Waals surface area contributed by atoms with Gasteiger partial charge in [-0.05, 0) is 18.2 Å². The maximum Gasteiger partial charge on any atom is 0.387 e. The number of benzene rings is 1. The average molecular weight is 276 g/mol. The molecule has 1 saturated heterocycles. The second-order valence-corrected chi connectivity index (χ2v) is 4.12. The molecule has 7 heteroatoms. The van der Waals surface area contributed by atoms with Crippen LogP contribution in [0.1, 0.15) is 6.42 Å². The monoisotopic (exact) mass is 275 g/mol. The molecule has 1 aromatic carbocycles. The Morgan fingerprint density at radius 3 is 2.61 bits per heavy atom. The van der Waals surface area contributed by atoms with Crippen LogP contribution >= 0.6 is 11.6 Å². The van der Waals surface area contributed by atoms with Gasteiger partial charge in [0.1, 0.15) is 5.75 Å². The van der Waals surface area contributed by atoms with Gasteiger partial charge < -0.3 is 9.64 Å². The van der Waals surface area contributed by atoms with Gasteiger partial charge in [-0.2, -0.15) is 8.78 Å². The van der Waals surface area contributed by atoms with Gasteiger partial charge in [0.15, 0.2) is 5.78 Å². The molecule has 0 spiro atoms. The van der Waals surface area contributed by atoms with Crippen LogP contribution in [0.5, 0.6) is 5.75 Å². The first-order chi connectivity index (χ1) is 8.47. The van der Waals surface area contributed by atoms with E-state index < -0.39 is 12.5 Å². The third-order valence-electron chi connectivity index (χ3n) is 2.41. The number of hydrogen-bond donors (Lipinski definition) is 0. The summed E-state index contributed by atoms with van der Waals surface area (Å²) in [5.74, 6) is -0.915. The number of alkyl halides is 2. The number of hydrogen-bond acceptors (Lipinski definition) is 3. The van der Waals surface area contributed by atoms with E-state index in [9.17, 15) is 18.4 Å². The van der Waals surface area contributed by atoms with E-state index in [2.05, 4.69) is 4.74 Å². The first kappa shape index (κ1) is 12.8. The van der Waals surface area contributed by atoms with Gasteiger partial charge in [-0.1, -0.05) is 11.6 Å². The predicted molar refractivity (Wildman–Crippen MR) is 60.1 cm³/mol. The molecule has 0 aliphatic carbocycles. The molecule has 1 amide bonds. The highest BCUT2D eigenvalue weighted by Gasteiger charge is 2.31. The number of rotatable bonds is 3. The number of ketones is 1. The van der Waals surface area contributed by atoms with Gasteiger partial charge in [-0.15, -0.1) is 0 Å². The van der Waals surface area contributed by atoms with Crippen LogP contribution in [-0.2, 0) is 9.59 Å². The summed E-state index contributed by atoms with van der Waals surface area (Å²) in [6.45, 7) is -3.17. The molecule has 0 radical (unpaired) electrons. The van der Waals surface area contributed by atoms with E-state index in [0.29, 0.717) is 0 Å². The molecule has 18 heavy (non-hydrogen) atoms. The zero-order valence-electron chi connectivity index (χ0n) is 9.03. The van der Waals surface area contributed by atoms with Crippen molar-refractivity contribution in [1.82, 2.24) is 0 Å². The van der Waals surface area contributed by atoms with Crippen molar-refractivity contribution >= 4 is 29.0 Å². The third-order valence-corrected chi connectivity index (χ3v) is 2.65. The Labute approximate surface area is 106 Å². The van der Waals surface area contributed by atoms with Crippen molar-refractivity contribution in [1.29, 1.82) is 0 Å². The SMILES string of the molecule is O=C1CC(=O)N(c2cc(Cl)ccc2OC(F)F)C1. The van der Waals surface area contributed by atoms with Crippen molar-refractivity contribution in [2.75, 3.05) is 11.4 Å². The number of halogens is 3. The number of amides is 1. The number of nitrogens with zero attached hydrogens (tertiary/aromatic N) is 1. The van der Waals surface area contributed by atoms with E-state index in [-0.39, 0.29) is 35.2 Å². The molecule has 1 fully saturated rings. The Bertz CT molecular complexity index is 507. The molecule has 1 aliphatic rings. The maximum absolute atomic E-state index is 12.2. The van der Waals surface area contributed by atoms with Crippen molar-refractivity contribution < 1.29 is 23.1 Å². The fraction of sp³-hybridized carbons (Fsp3) is 0.273. The Morgan fingerprint density at radius 2 is 2.06 bits per heavy atom. The summed E-state index contributed by atoms with van der Waals surface area (Å²) < 4.78 is 28.8. The second kappa shape index (κ2) is 4.89. The highest BCUT2D eigenvalue weighted by Crippen LogP contribution is 2.34. The molecule has 96 valence electrons. The molecular weight excluding hydrogens is 268 g/mol. The Morgan fingerprint density at radius 1 is 1.33 bits per heavy atom.